The third kappa shape index (κ3) is 16.0. The Hall–Kier alpha value is -4.82. The lowest BCUT2D eigenvalue weighted by molar-refractivity contribution is -0.249. The first-order valence-electron chi connectivity index (χ1n) is 33.2. The second-order valence-corrected chi connectivity index (χ2v) is 29.9. The standard InChI is InChI=1S/C69H97NO20S2/c1-39(2)10-8-11-40(3)47-16-17-48-44-15-14-42-34-43(20-22-67(42,5)49(44)21-23-68(47,48)6)85-28-26-83-24-25-84-27-29-86-54(73)18-19-55(74)87-30-32-91-92-33-31-88-66(80)70-50-35-56(89-41(4)61(50)75)90-52-37-69(81,53(72)38-71)36-46-58(52)65(79)60-59(63(46)77)62(76)45-12-9-13-51(82-7)57(45)64(60)78/h9,12-14,39-41,43-44,47-50,52,56,61,71,75,77,79,81H,8,10-11,15-38H2,1-7H3,(H,70,80)/t40-,41+,43-,44?,47-,48?,49?,50+,52+,56-,61-,67+,68-,69+/m1/s1. The molecule has 3 saturated carbocycles. The van der Waals surface area contributed by atoms with Gasteiger partial charge in [-0.3, -0.25) is 24.0 Å². The van der Waals surface area contributed by atoms with Crippen LogP contribution >= 0.6 is 21.6 Å². The van der Waals surface area contributed by atoms with Crippen molar-refractivity contribution in [3.63, 3.8) is 0 Å². The van der Waals surface area contributed by atoms with Crippen LogP contribution in [0.2, 0.25) is 0 Å². The van der Waals surface area contributed by atoms with E-state index in [1.165, 1.54) is 112 Å². The molecular formula is C69H97NO20S2. The highest BCUT2D eigenvalue weighted by atomic mass is 33.1. The second kappa shape index (κ2) is 31.8. The number of nitrogens with one attached hydrogen (secondary N) is 1. The van der Waals surface area contributed by atoms with E-state index < -0.39 is 114 Å². The SMILES string of the molecule is COc1cccc2c1C(=O)c1c(O)c3c(c(O)c1C2=O)C[C@@](O)(C(=O)CO)C[C@@H]3O[C@@H]1C[C@H](NC(=O)OCCSSCCOC(=O)CCC(=O)OCCOCCOCCO[C@@H]2CC[C@@]3(C)C(=CCC4C3CC[C@@]3(C)C4CC[C@@H]3[C@H](C)CCCC(C)C)C2)[C@H](O)[C@H](C)O1. The molecule has 1 saturated heterocycles. The number of benzene rings is 2. The summed E-state index contributed by atoms with van der Waals surface area (Å²) < 4.78 is 51.1. The number of Topliss-reactive ketones (excluding diaryl/α,β-unsaturated/α-hetero) is 1. The fourth-order valence-electron chi connectivity index (χ4n) is 16.5. The summed E-state index contributed by atoms with van der Waals surface area (Å²) >= 11 is 0. The van der Waals surface area contributed by atoms with E-state index in [1.807, 2.05) is 0 Å². The van der Waals surface area contributed by atoms with E-state index in [0.717, 1.165) is 48.3 Å². The number of esters is 2. The first-order valence-corrected chi connectivity index (χ1v) is 35.7. The number of aliphatic hydroxyl groups is 3. The number of carbonyl (C=O) groups is 6. The Morgan fingerprint density at radius 2 is 1.49 bits per heavy atom. The third-order valence-corrected chi connectivity index (χ3v) is 23.5. The van der Waals surface area contributed by atoms with E-state index in [1.54, 1.807) is 5.57 Å². The van der Waals surface area contributed by atoms with Gasteiger partial charge in [0.05, 0.1) is 94.0 Å². The van der Waals surface area contributed by atoms with E-state index >= 15 is 0 Å². The number of amides is 1. The maximum atomic E-state index is 14.0. The summed E-state index contributed by atoms with van der Waals surface area (Å²) in [5, 5.41) is 58.6. The molecule has 1 aliphatic heterocycles. The molecule has 6 aliphatic carbocycles. The molecule has 4 fully saturated rings. The molecule has 14 atom stereocenters. The number of aliphatic hydroxyl groups excluding tert-OH is 2. The summed E-state index contributed by atoms with van der Waals surface area (Å²) in [5.41, 5.74) is -1.76. The van der Waals surface area contributed by atoms with Gasteiger partial charge in [0, 0.05) is 47.5 Å². The van der Waals surface area contributed by atoms with Crippen molar-refractivity contribution in [2.75, 3.05) is 78.1 Å². The molecule has 0 aromatic heterocycles. The van der Waals surface area contributed by atoms with Crippen molar-refractivity contribution in [1.82, 2.24) is 5.32 Å². The molecule has 1 amide bonds. The molecule has 6 N–H and O–H groups in total. The van der Waals surface area contributed by atoms with Crippen molar-refractivity contribution in [2.24, 2.45) is 46.3 Å². The predicted octanol–water partition coefficient (Wildman–Crippen LogP) is 9.48. The Bertz CT molecular complexity index is 2990. The van der Waals surface area contributed by atoms with Crippen LogP contribution in [-0.2, 0) is 58.7 Å². The first kappa shape index (κ1) is 71.5. The third-order valence-electron chi connectivity index (χ3n) is 21.2. The van der Waals surface area contributed by atoms with E-state index in [4.69, 9.17) is 42.6 Å². The molecular weight excluding hydrogens is 1230 g/mol. The minimum absolute atomic E-state index is 0.0337. The molecule has 510 valence electrons. The molecule has 7 aliphatic rings. The number of ketones is 3. The summed E-state index contributed by atoms with van der Waals surface area (Å²) in [5.74, 6) is 0.478. The van der Waals surface area contributed by atoms with Crippen molar-refractivity contribution in [3.8, 4) is 17.2 Å². The van der Waals surface area contributed by atoms with Crippen LogP contribution in [0.25, 0.3) is 0 Å². The lowest BCUT2D eigenvalue weighted by Crippen LogP contribution is -2.56. The van der Waals surface area contributed by atoms with Gasteiger partial charge in [0.1, 0.15) is 55.4 Å². The minimum Gasteiger partial charge on any atom is -0.507 e. The van der Waals surface area contributed by atoms with Gasteiger partial charge in [0.15, 0.2) is 17.9 Å². The quantitative estimate of drug-likeness (QED) is 0.00872. The zero-order valence-electron chi connectivity index (χ0n) is 54.5. The number of hydrogen-bond acceptors (Lipinski definition) is 22. The Kier molecular flexibility index (Phi) is 24.7. The van der Waals surface area contributed by atoms with Gasteiger partial charge in [-0.05, 0) is 111 Å². The predicted molar refractivity (Wildman–Crippen MR) is 343 cm³/mol. The fourth-order valence-corrected chi connectivity index (χ4v) is 18.1. The number of rotatable bonds is 31. The zero-order valence-corrected chi connectivity index (χ0v) is 56.1. The maximum absolute atomic E-state index is 14.0. The first-order chi connectivity index (χ1) is 44.0. The van der Waals surface area contributed by atoms with Crippen LogP contribution in [0, 0.1) is 46.3 Å². The van der Waals surface area contributed by atoms with Gasteiger partial charge in [-0.25, -0.2) is 4.79 Å². The zero-order chi connectivity index (χ0) is 66.1. The maximum Gasteiger partial charge on any atom is 0.407 e. The number of hydrogen-bond donors (Lipinski definition) is 6. The number of phenols is 2. The van der Waals surface area contributed by atoms with Gasteiger partial charge in [-0.15, -0.1) is 0 Å². The fraction of sp³-hybridized carbons (Fsp3) is 0.710. The Balaban J connectivity index is 0.597. The van der Waals surface area contributed by atoms with E-state index in [-0.39, 0.29) is 79.8 Å². The molecule has 23 heteroatoms. The number of alkyl carbamates (subject to hydrolysis) is 1. The average molecular weight is 1320 g/mol. The molecule has 2 aromatic rings. The monoisotopic (exact) mass is 1320 g/mol. The number of carbonyl (C=O) groups excluding carboxylic acids is 6. The number of aromatic hydroxyl groups is 2. The van der Waals surface area contributed by atoms with Crippen molar-refractivity contribution in [2.45, 2.75) is 187 Å². The number of allylic oxidation sites excluding steroid dienone is 1. The van der Waals surface area contributed by atoms with Crippen LogP contribution in [0.4, 0.5) is 4.79 Å². The molecule has 0 radical (unpaired) electrons. The normalized spacial score (nSPS) is 30.0. The van der Waals surface area contributed by atoms with Gasteiger partial charge in [-0.2, -0.15) is 0 Å². The minimum atomic E-state index is -2.38. The number of methoxy groups -OCH3 is 1. The van der Waals surface area contributed by atoms with Gasteiger partial charge >= 0.3 is 18.0 Å². The molecule has 0 spiro atoms. The highest BCUT2D eigenvalue weighted by Crippen LogP contribution is 2.67. The lowest BCUT2D eigenvalue weighted by Gasteiger charge is -2.58. The Morgan fingerprint density at radius 1 is 0.804 bits per heavy atom. The van der Waals surface area contributed by atoms with Crippen LogP contribution in [0.3, 0.4) is 0 Å². The van der Waals surface area contributed by atoms with Crippen LogP contribution in [0.5, 0.6) is 17.2 Å². The van der Waals surface area contributed by atoms with Crippen molar-refractivity contribution >= 4 is 57.0 Å². The average Bonchev–Trinajstić information content (AvgIpc) is 0.998. The lowest BCUT2D eigenvalue weighted by atomic mass is 9.47. The summed E-state index contributed by atoms with van der Waals surface area (Å²) in [4.78, 5) is 78.4. The van der Waals surface area contributed by atoms with Crippen LogP contribution in [-0.4, -0.2) is 175 Å². The smallest absolute Gasteiger partial charge is 0.407 e. The summed E-state index contributed by atoms with van der Waals surface area (Å²) in [7, 11) is 4.03. The number of ether oxygens (including phenoxy) is 9. The number of fused-ring (bicyclic) bond motifs is 8. The Morgan fingerprint density at radius 3 is 2.20 bits per heavy atom. The molecule has 2 aromatic carbocycles. The summed E-state index contributed by atoms with van der Waals surface area (Å²) in [6, 6.07) is 3.27. The number of phenolic OH excluding ortho intramolecular Hbond substituents is 2. The van der Waals surface area contributed by atoms with Crippen molar-refractivity contribution in [1.29, 1.82) is 0 Å². The highest BCUT2D eigenvalue weighted by molar-refractivity contribution is 8.76. The van der Waals surface area contributed by atoms with Gasteiger partial charge in [0.2, 0.25) is 5.78 Å². The largest absolute Gasteiger partial charge is 0.507 e. The molecule has 21 nitrogen and oxygen atoms in total. The van der Waals surface area contributed by atoms with Gasteiger partial charge < -0.3 is 73.5 Å². The molecule has 3 unspecified atom stereocenters. The van der Waals surface area contributed by atoms with Gasteiger partial charge in [0.25, 0.3) is 0 Å². The summed E-state index contributed by atoms with van der Waals surface area (Å²) in [6.07, 6.45) is 9.48. The van der Waals surface area contributed by atoms with Crippen molar-refractivity contribution < 1.29 is 96.9 Å². The second-order valence-electron chi connectivity index (χ2n) is 27.2. The van der Waals surface area contributed by atoms with Crippen molar-refractivity contribution in [3.05, 3.63) is 63.2 Å². The molecule has 1 heterocycles. The summed E-state index contributed by atoms with van der Waals surface area (Å²) in [6.45, 7) is 15.0. The van der Waals surface area contributed by atoms with Gasteiger partial charge in [-0.1, -0.05) is 99.3 Å². The van der Waals surface area contributed by atoms with E-state index in [0.29, 0.717) is 48.8 Å². The van der Waals surface area contributed by atoms with Crippen LogP contribution in [0.15, 0.2) is 29.8 Å². The highest BCUT2D eigenvalue weighted by Gasteiger charge is 2.59. The van der Waals surface area contributed by atoms with Crippen LogP contribution in [0.1, 0.15) is 187 Å². The molecule has 9 rings (SSSR count). The van der Waals surface area contributed by atoms with E-state index in [2.05, 4.69) is 46.0 Å². The topological polar surface area (TPSA) is 299 Å². The Labute approximate surface area is 548 Å². The van der Waals surface area contributed by atoms with E-state index in [9.17, 15) is 54.3 Å². The van der Waals surface area contributed by atoms with Crippen LogP contribution < -0.4 is 10.1 Å². The molecule has 0 bridgehead atoms. The molecule has 92 heavy (non-hydrogen) atoms.